The molecule has 1 aromatic rings. The lowest BCUT2D eigenvalue weighted by Gasteiger charge is -2.44. The highest BCUT2D eigenvalue weighted by atomic mass is 16.5. The van der Waals surface area contributed by atoms with Gasteiger partial charge < -0.3 is 9.84 Å². The van der Waals surface area contributed by atoms with Crippen molar-refractivity contribution in [1.82, 2.24) is 15.4 Å². The molecule has 2 heterocycles. The zero-order valence-electron chi connectivity index (χ0n) is 12.9. The van der Waals surface area contributed by atoms with E-state index in [2.05, 4.69) is 43.1 Å². The normalized spacial score (nSPS) is 25.7. The van der Waals surface area contributed by atoms with Crippen molar-refractivity contribution in [3.63, 3.8) is 0 Å². The molecule has 19 heavy (non-hydrogen) atoms. The van der Waals surface area contributed by atoms with Crippen molar-refractivity contribution in [3.8, 4) is 0 Å². The van der Waals surface area contributed by atoms with Gasteiger partial charge in [-0.2, -0.15) is 0 Å². The van der Waals surface area contributed by atoms with E-state index in [0.29, 0.717) is 12.1 Å². The van der Waals surface area contributed by atoms with Crippen LogP contribution in [0.1, 0.15) is 45.6 Å². The van der Waals surface area contributed by atoms with E-state index in [1.165, 1.54) is 0 Å². The average molecular weight is 265 g/mol. The van der Waals surface area contributed by atoms with E-state index >= 15 is 0 Å². The van der Waals surface area contributed by atoms with Gasteiger partial charge in [-0.05, 0) is 18.8 Å². The molecule has 1 aromatic heterocycles. The number of hydrogen-bond donors (Lipinski definition) is 1. The minimum absolute atomic E-state index is 0.286. The fraction of sp³-hybridized carbons (Fsp3) is 0.800. The molecule has 0 aliphatic carbocycles. The first kappa shape index (κ1) is 14.5. The lowest BCUT2D eigenvalue weighted by atomic mass is 9.84. The van der Waals surface area contributed by atoms with Crippen LogP contribution in [0.4, 0.5) is 0 Å². The molecular formula is C15H27N3O. The molecule has 0 amide bonds. The molecule has 1 saturated heterocycles. The number of hydrogen-bond acceptors (Lipinski definition) is 4. The second kappa shape index (κ2) is 5.63. The Bertz CT molecular complexity index is 408. The van der Waals surface area contributed by atoms with Crippen molar-refractivity contribution in [3.05, 3.63) is 17.5 Å². The summed E-state index contributed by atoms with van der Waals surface area (Å²) in [5.74, 6) is 0.977. The first-order valence-corrected chi connectivity index (χ1v) is 7.29. The molecule has 4 heteroatoms. The minimum Gasteiger partial charge on any atom is -0.360 e. The molecule has 2 atom stereocenters. The Hall–Kier alpha value is -0.870. The molecule has 4 nitrogen and oxygen atoms in total. The number of aryl methyl sites for hydroxylation is 1. The largest absolute Gasteiger partial charge is 0.360 e. The summed E-state index contributed by atoms with van der Waals surface area (Å²) in [6, 6.07) is 3.16. The Morgan fingerprint density at radius 2 is 2.21 bits per heavy atom. The van der Waals surface area contributed by atoms with Gasteiger partial charge in [-0.1, -0.05) is 32.9 Å². The van der Waals surface area contributed by atoms with E-state index in [1.807, 2.05) is 13.0 Å². The molecule has 1 aliphatic heterocycles. The first-order chi connectivity index (χ1) is 8.90. The van der Waals surface area contributed by atoms with Gasteiger partial charge in [-0.3, -0.25) is 4.90 Å². The maximum Gasteiger partial charge on any atom is 0.150 e. The van der Waals surface area contributed by atoms with Crippen LogP contribution in [-0.2, 0) is 6.54 Å². The van der Waals surface area contributed by atoms with Crippen molar-refractivity contribution >= 4 is 0 Å². The molecule has 0 saturated carbocycles. The maximum atomic E-state index is 5.37. The fourth-order valence-electron chi connectivity index (χ4n) is 2.72. The summed E-state index contributed by atoms with van der Waals surface area (Å²) in [5, 5.41) is 7.68. The van der Waals surface area contributed by atoms with Crippen LogP contribution in [0.15, 0.2) is 10.6 Å². The number of nitrogens with one attached hydrogen (secondary N) is 1. The molecule has 2 rings (SSSR count). The van der Waals surface area contributed by atoms with Crippen molar-refractivity contribution < 1.29 is 4.52 Å². The number of piperazine rings is 1. The molecule has 108 valence electrons. The molecule has 1 aliphatic rings. The van der Waals surface area contributed by atoms with E-state index in [1.54, 1.807) is 0 Å². The SMILES string of the molecule is CCC1CNC(C(C)(C)C)CN1Cc1cc(C)no1. The molecule has 1 fully saturated rings. The molecule has 0 bridgehead atoms. The molecule has 2 unspecified atom stereocenters. The Labute approximate surface area is 116 Å². The van der Waals surface area contributed by atoms with Crippen LogP contribution >= 0.6 is 0 Å². The summed E-state index contributed by atoms with van der Waals surface area (Å²) in [4.78, 5) is 2.53. The summed E-state index contributed by atoms with van der Waals surface area (Å²) in [6.45, 7) is 14.1. The highest BCUT2D eigenvalue weighted by Crippen LogP contribution is 2.25. The van der Waals surface area contributed by atoms with E-state index < -0.39 is 0 Å². The molecule has 0 radical (unpaired) electrons. The van der Waals surface area contributed by atoms with Crippen LogP contribution in [0.5, 0.6) is 0 Å². The third-order valence-corrected chi connectivity index (χ3v) is 4.09. The zero-order chi connectivity index (χ0) is 14.0. The average Bonchev–Trinajstić information content (AvgIpc) is 2.73. The monoisotopic (exact) mass is 265 g/mol. The first-order valence-electron chi connectivity index (χ1n) is 7.29. The number of aromatic nitrogens is 1. The Kier molecular flexibility index (Phi) is 4.31. The number of nitrogens with zero attached hydrogens (tertiary/aromatic N) is 2. The Morgan fingerprint density at radius 1 is 1.47 bits per heavy atom. The van der Waals surface area contributed by atoms with Crippen LogP contribution in [0.25, 0.3) is 0 Å². The smallest absolute Gasteiger partial charge is 0.150 e. The summed E-state index contributed by atoms with van der Waals surface area (Å²) < 4.78 is 5.37. The molecule has 0 spiro atoms. The minimum atomic E-state index is 0.286. The van der Waals surface area contributed by atoms with Gasteiger partial charge in [0.1, 0.15) is 0 Å². The molecular weight excluding hydrogens is 238 g/mol. The van der Waals surface area contributed by atoms with Gasteiger partial charge in [0.05, 0.1) is 12.2 Å². The predicted molar refractivity (Wildman–Crippen MR) is 77.0 cm³/mol. The van der Waals surface area contributed by atoms with E-state index in [0.717, 1.165) is 37.5 Å². The van der Waals surface area contributed by atoms with Gasteiger partial charge in [-0.25, -0.2) is 0 Å². The van der Waals surface area contributed by atoms with Crippen LogP contribution in [-0.4, -0.2) is 35.2 Å². The lowest BCUT2D eigenvalue weighted by molar-refractivity contribution is 0.0701. The second-order valence-electron chi connectivity index (χ2n) is 6.75. The van der Waals surface area contributed by atoms with Crippen LogP contribution in [0, 0.1) is 12.3 Å². The van der Waals surface area contributed by atoms with Crippen LogP contribution in [0.3, 0.4) is 0 Å². The van der Waals surface area contributed by atoms with Gasteiger partial charge >= 0.3 is 0 Å². The van der Waals surface area contributed by atoms with Gasteiger partial charge in [-0.15, -0.1) is 0 Å². The summed E-state index contributed by atoms with van der Waals surface area (Å²) in [5.41, 5.74) is 1.25. The quantitative estimate of drug-likeness (QED) is 0.912. The molecule has 0 aromatic carbocycles. The lowest BCUT2D eigenvalue weighted by Crippen LogP contribution is -2.59. The highest BCUT2D eigenvalue weighted by Gasteiger charge is 2.33. The van der Waals surface area contributed by atoms with Crippen LogP contribution < -0.4 is 5.32 Å². The van der Waals surface area contributed by atoms with Gasteiger partial charge in [0.25, 0.3) is 0 Å². The predicted octanol–water partition coefficient (Wildman–Crippen LogP) is 2.58. The summed E-state index contributed by atoms with van der Waals surface area (Å²) in [6.07, 6.45) is 1.16. The standard InChI is InChI=1S/C15H27N3O/c1-6-12-8-16-14(15(3,4)5)10-18(12)9-13-7-11(2)17-19-13/h7,12,14,16H,6,8-10H2,1-5H3. The van der Waals surface area contributed by atoms with Gasteiger partial charge in [0, 0.05) is 31.2 Å². The van der Waals surface area contributed by atoms with Crippen molar-refractivity contribution in [2.24, 2.45) is 5.41 Å². The van der Waals surface area contributed by atoms with E-state index in [9.17, 15) is 0 Å². The van der Waals surface area contributed by atoms with Crippen molar-refractivity contribution in [2.45, 2.75) is 59.7 Å². The highest BCUT2D eigenvalue weighted by molar-refractivity contribution is 5.04. The van der Waals surface area contributed by atoms with Crippen LogP contribution in [0.2, 0.25) is 0 Å². The third-order valence-electron chi connectivity index (χ3n) is 4.09. The van der Waals surface area contributed by atoms with Gasteiger partial charge in [0.15, 0.2) is 5.76 Å². The van der Waals surface area contributed by atoms with E-state index in [4.69, 9.17) is 4.52 Å². The fourth-order valence-corrected chi connectivity index (χ4v) is 2.72. The maximum absolute atomic E-state index is 5.37. The Balaban J connectivity index is 2.05. The second-order valence-corrected chi connectivity index (χ2v) is 6.75. The third kappa shape index (κ3) is 3.57. The van der Waals surface area contributed by atoms with E-state index in [-0.39, 0.29) is 5.41 Å². The van der Waals surface area contributed by atoms with Crippen molar-refractivity contribution in [1.29, 1.82) is 0 Å². The zero-order valence-corrected chi connectivity index (χ0v) is 12.9. The number of rotatable bonds is 3. The Morgan fingerprint density at radius 3 is 2.74 bits per heavy atom. The molecule has 1 N–H and O–H groups in total. The topological polar surface area (TPSA) is 41.3 Å². The summed E-state index contributed by atoms with van der Waals surface area (Å²) in [7, 11) is 0. The van der Waals surface area contributed by atoms with Gasteiger partial charge in [0.2, 0.25) is 0 Å². The van der Waals surface area contributed by atoms with Crippen molar-refractivity contribution in [2.75, 3.05) is 13.1 Å². The summed E-state index contributed by atoms with van der Waals surface area (Å²) >= 11 is 0.